The highest BCUT2D eigenvalue weighted by molar-refractivity contribution is 5.81. The van der Waals surface area contributed by atoms with Gasteiger partial charge in [0.1, 0.15) is 6.10 Å². The second kappa shape index (κ2) is 4.60. The lowest BCUT2D eigenvalue weighted by Crippen LogP contribution is -2.48. The summed E-state index contributed by atoms with van der Waals surface area (Å²) >= 11 is 0. The molecule has 0 spiro atoms. The van der Waals surface area contributed by atoms with Gasteiger partial charge in [-0.15, -0.1) is 0 Å². The molecule has 2 rings (SSSR count). The average Bonchev–Trinajstić information content (AvgIpc) is 2.81. The number of amides is 1. The topological polar surface area (TPSA) is 62.6 Å². The molecule has 2 aliphatic rings. The zero-order valence-corrected chi connectivity index (χ0v) is 8.52. The summed E-state index contributed by atoms with van der Waals surface area (Å²) < 4.78 is 10.5. The van der Waals surface area contributed by atoms with Crippen LogP contribution >= 0.6 is 0 Å². The van der Waals surface area contributed by atoms with E-state index in [0.29, 0.717) is 26.3 Å². The number of hydrogen-bond acceptors (Lipinski definition) is 4. The standard InChI is InChI=1S/C10H14N2O3/c11-6-8-7-12(3-5-14-8)10(13)9-2-1-4-15-9/h8-9H,1-5,7H2. The maximum absolute atomic E-state index is 11.9. The molecule has 2 unspecified atom stereocenters. The SMILES string of the molecule is N#CC1CN(C(=O)C2CCCO2)CCO1. The van der Waals surface area contributed by atoms with Crippen molar-refractivity contribution < 1.29 is 14.3 Å². The van der Waals surface area contributed by atoms with Crippen molar-refractivity contribution in [2.45, 2.75) is 25.0 Å². The monoisotopic (exact) mass is 210 g/mol. The number of carbonyl (C=O) groups excluding carboxylic acids is 1. The highest BCUT2D eigenvalue weighted by Gasteiger charge is 2.31. The summed E-state index contributed by atoms with van der Waals surface area (Å²) in [6, 6.07) is 2.02. The number of morpholine rings is 1. The zero-order chi connectivity index (χ0) is 10.7. The Balaban J connectivity index is 1.92. The molecule has 0 aromatic carbocycles. The summed E-state index contributed by atoms with van der Waals surface area (Å²) in [5, 5.41) is 8.71. The quantitative estimate of drug-likeness (QED) is 0.607. The third-order valence-electron chi connectivity index (χ3n) is 2.73. The molecule has 2 atom stereocenters. The van der Waals surface area contributed by atoms with Gasteiger partial charge in [-0.3, -0.25) is 4.79 Å². The van der Waals surface area contributed by atoms with Crippen LogP contribution in [0.25, 0.3) is 0 Å². The summed E-state index contributed by atoms with van der Waals surface area (Å²) in [7, 11) is 0. The van der Waals surface area contributed by atoms with Gasteiger partial charge in [0.05, 0.1) is 19.2 Å². The lowest BCUT2D eigenvalue weighted by Gasteiger charge is -2.31. The molecule has 5 heteroatoms. The van der Waals surface area contributed by atoms with Crippen LogP contribution in [0.5, 0.6) is 0 Å². The average molecular weight is 210 g/mol. The summed E-state index contributed by atoms with van der Waals surface area (Å²) in [6.45, 7) is 2.05. The van der Waals surface area contributed by atoms with Gasteiger partial charge in [-0.25, -0.2) is 0 Å². The molecule has 5 nitrogen and oxygen atoms in total. The number of ether oxygens (including phenoxy) is 2. The molecule has 0 radical (unpaired) electrons. The van der Waals surface area contributed by atoms with Crippen LogP contribution in [-0.4, -0.2) is 49.3 Å². The summed E-state index contributed by atoms with van der Waals surface area (Å²) in [6.07, 6.45) is 0.974. The van der Waals surface area contributed by atoms with Gasteiger partial charge in [0.25, 0.3) is 5.91 Å². The first-order chi connectivity index (χ1) is 7.31. The summed E-state index contributed by atoms with van der Waals surface area (Å²) in [5.41, 5.74) is 0. The third-order valence-corrected chi connectivity index (χ3v) is 2.73. The smallest absolute Gasteiger partial charge is 0.251 e. The van der Waals surface area contributed by atoms with E-state index in [4.69, 9.17) is 14.7 Å². The van der Waals surface area contributed by atoms with Gasteiger partial charge in [0.2, 0.25) is 0 Å². The zero-order valence-electron chi connectivity index (χ0n) is 8.52. The van der Waals surface area contributed by atoms with Crippen LogP contribution in [0.3, 0.4) is 0 Å². The Morgan fingerprint density at radius 3 is 2.93 bits per heavy atom. The van der Waals surface area contributed by atoms with E-state index in [1.807, 2.05) is 6.07 Å². The van der Waals surface area contributed by atoms with Crippen LogP contribution in [0, 0.1) is 11.3 Å². The Labute approximate surface area is 88.6 Å². The predicted octanol–water partition coefficient (Wildman–Crippen LogP) is -0.0836. The number of rotatable bonds is 1. The Kier molecular flexibility index (Phi) is 3.19. The molecule has 0 saturated carbocycles. The van der Waals surface area contributed by atoms with Crippen molar-refractivity contribution >= 4 is 5.91 Å². The van der Waals surface area contributed by atoms with E-state index in [1.165, 1.54) is 0 Å². The van der Waals surface area contributed by atoms with E-state index >= 15 is 0 Å². The van der Waals surface area contributed by atoms with Gasteiger partial charge in [-0.05, 0) is 12.8 Å². The fourth-order valence-corrected chi connectivity index (χ4v) is 1.90. The summed E-state index contributed by atoms with van der Waals surface area (Å²) in [4.78, 5) is 13.6. The van der Waals surface area contributed by atoms with E-state index in [2.05, 4.69) is 0 Å². The van der Waals surface area contributed by atoms with E-state index in [-0.39, 0.29) is 12.0 Å². The van der Waals surface area contributed by atoms with Gasteiger partial charge >= 0.3 is 0 Å². The molecule has 2 heterocycles. The molecule has 1 amide bonds. The van der Waals surface area contributed by atoms with Crippen LogP contribution in [0.2, 0.25) is 0 Å². The lowest BCUT2D eigenvalue weighted by atomic mass is 10.2. The van der Waals surface area contributed by atoms with Gasteiger partial charge in [0.15, 0.2) is 6.10 Å². The summed E-state index contributed by atoms with van der Waals surface area (Å²) in [5.74, 6) is 0.0102. The molecular formula is C10H14N2O3. The normalized spacial score (nSPS) is 31.3. The Morgan fingerprint density at radius 1 is 1.40 bits per heavy atom. The van der Waals surface area contributed by atoms with E-state index in [1.54, 1.807) is 4.90 Å². The molecule has 0 N–H and O–H groups in total. The molecule has 0 aromatic heterocycles. The maximum atomic E-state index is 11.9. The molecule has 2 saturated heterocycles. The van der Waals surface area contributed by atoms with Crippen molar-refractivity contribution in [2.24, 2.45) is 0 Å². The van der Waals surface area contributed by atoms with Crippen LogP contribution < -0.4 is 0 Å². The Bertz CT molecular complexity index is 281. The minimum atomic E-state index is -0.482. The Morgan fingerprint density at radius 2 is 2.27 bits per heavy atom. The number of nitriles is 1. The van der Waals surface area contributed by atoms with Crippen molar-refractivity contribution in [1.29, 1.82) is 5.26 Å². The molecule has 82 valence electrons. The largest absolute Gasteiger partial charge is 0.368 e. The van der Waals surface area contributed by atoms with Crippen molar-refractivity contribution in [1.82, 2.24) is 4.90 Å². The Hall–Kier alpha value is -1.12. The third kappa shape index (κ3) is 2.28. The predicted molar refractivity (Wildman–Crippen MR) is 50.9 cm³/mol. The first kappa shape index (κ1) is 10.4. The second-order valence-electron chi connectivity index (χ2n) is 3.77. The van der Waals surface area contributed by atoms with Gasteiger partial charge in [-0.1, -0.05) is 0 Å². The van der Waals surface area contributed by atoms with Crippen molar-refractivity contribution in [3.63, 3.8) is 0 Å². The molecule has 15 heavy (non-hydrogen) atoms. The molecule has 0 aliphatic carbocycles. The van der Waals surface area contributed by atoms with Crippen LogP contribution in [-0.2, 0) is 14.3 Å². The number of carbonyl (C=O) groups is 1. The molecule has 0 bridgehead atoms. The fraction of sp³-hybridized carbons (Fsp3) is 0.800. The molecule has 2 aliphatic heterocycles. The lowest BCUT2D eigenvalue weighted by molar-refractivity contribution is -0.146. The number of hydrogen-bond donors (Lipinski definition) is 0. The van der Waals surface area contributed by atoms with E-state index < -0.39 is 6.10 Å². The highest BCUT2D eigenvalue weighted by atomic mass is 16.5. The van der Waals surface area contributed by atoms with Crippen LogP contribution in [0.1, 0.15) is 12.8 Å². The van der Waals surface area contributed by atoms with Gasteiger partial charge in [-0.2, -0.15) is 5.26 Å². The van der Waals surface area contributed by atoms with Crippen LogP contribution in [0.4, 0.5) is 0 Å². The molecule has 2 fully saturated rings. The first-order valence-corrected chi connectivity index (χ1v) is 5.23. The first-order valence-electron chi connectivity index (χ1n) is 5.23. The minimum absolute atomic E-state index is 0.0102. The van der Waals surface area contributed by atoms with Crippen molar-refractivity contribution in [3.8, 4) is 6.07 Å². The fourth-order valence-electron chi connectivity index (χ4n) is 1.90. The second-order valence-corrected chi connectivity index (χ2v) is 3.77. The molecule has 0 aromatic rings. The van der Waals surface area contributed by atoms with Crippen molar-refractivity contribution in [3.05, 3.63) is 0 Å². The van der Waals surface area contributed by atoms with Crippen LogP contribution in [0.15, 0.2) is 0 Å². The van der Waals surface area contributed by atoms with Crippen molar-refractivity contribution in [2.75, 3.05) is 26.3 Å². The maximum Gasteiger partial charge on any atom is 0.251 e. The van der Waals surface area contributed by atoms with E-state index in [0.717, 1.165) is 12.8 Å². The van der Waals surface area contributed by atoms with Gasteiger partial charge in [0, 0.05) is 13.2 Å². The number of nitrogens with zero attached hydrogens (tertiary/aromatic N) is 2. The molecular weight excluding hydrogens is 196 g/mol. The van der Waals surface area contributed by atoms with E-state index in [9.17, 15) is 4.79 Å². The highest BCUT2D eigenvalue weighted by Crippen LogP contribution is 2.16. The van der Waals surface area contributed by atoms with Gasteiger partial charge < -0.3 is 14.4 Å². The minimum Gasteiger partial charge on any atom is -0.368 e.